The van der Waals surface area contributed by atoms with Crippen LogP contribution in [0.1, 0.15) is 55.3 Å². The molecular formula is C16H18O5. The second-order valence-corrected chi connectivity index (χ2v) is 5.00. The fourth-order valence-corrected chi connectivity index (χ4v) is 2.18. The van der Waals surface area contributed by atoms with Crippen LogP contribution >= 0.6 is 0 Å². The van der Waals surface area contributed by atoms with Gasteiger partial charge < -0.3 is 9.47 Å². The molecule has 1 aromatic rings. The van der Waals surface area contributed by atoms with E-state index in [0.717, 1.165) is 25.7 Å². The van der Waals surface area contributed by atoms with Gasteiger partial charge in [-0.3, -0.25) is 9.59 Å². The Morgan fingerprint density at radius 3 is 2.00 bits per heavy atom. The maximum absolute atomic E-state index is 12.0. The zero-order valence-electron chi connectivity index (χ0n) is 11.8. The van der Waals surface area contributed by atoms with Crippen molar-refractivity contribution in [3.8, 4) is 5.75 Å². The molecule has 0 bridgehead atoms. The lowest BCUT2D eigenvalue weighted by Gasteiger charge is -2.10. The molecule has 0 N–H and O–H groups in total. The second-order valence-electron chi connectivity index (χ2n) is 5.00. The van der Waals surface area contributed by atoms with Gasteiger partial charge in [0.25, 0.3) is 0 Å². The third-order valence-corrected chi connectivity index (χ3v) is 3.30. The summed E-state index contributed by atoms with van der Waals surface area (Å²) in [5.74, 6) is -1.56. The van der Waals surface area contributed by atoms with Gasteiger partial charge in [-0.1, -0.05) is 31.4 Å². The van der Waals surface area contributed by atoms with Crippen molar-refractivity contribution >= 4 is 17.9 Å². The summed E-state index contributed by atoms with van der Waals surface area (Å²) >= 11 is 0. The van der Waals surface area contributed by atoms with Crippen molar-refractivity contribution in [2.75, 3.05) is 0 Å². The van der Waals surface area contributed by atoms with Gasteiger partial charge in [-0.2, -0.15) is 0 Å². The van der Waals surface area contributed by atoms with E-state index in [2.05, 4.69) is 0 Å². The van der Waals surface area contributed by atoms with Gasteiger partial charge in [-0.15, -0.1) is 0 Å². The molecule has 0 fully saturated rings. The smallest absolute Gasteiger partial charge is 0.349 e. The summed E-state index contributed by atoms with van der Waals surface area (Å²) in [5.41, 5.74) is 0.0938. The van der Waals surface area contributed by atoms with Crippen LogP contribution in [-0.2, 0) is 14.3 Å². The van der Waals surface area contributed by atoms with Crippen molar-refractivity contribution in [1.29, 1.82) is 0 Å². The fourth-order valence-electron chi connectivity index (χ4n) is 2.18. The van der Waals surface area contributed by atoms with Crippen LogP contribution in [0.15, 0.2) is 24.3 Å². The molecule has 0 radical (unpaired) electrons. The summed E-state index contributed by atoms with van der Waals surface area (Å²) < 4.78 is 9.98. The Hall–Kier alpha value is -2.17. The number of carbonyl (C=O) groups excluding carboxylic acids is 3. The van der Waals surface area contributed by atoms with Gasteiger partial charge in [-0.25, -0.2) is 4.79 Å². The third kappa shape index (κ3) is 4.70. The highest BCUT2D eigenvalue weighted by Gasteiger charge is 2.19. The summed E-state index contributed by atoms with van der Waals surface area (Å²) in [6.45, 7) is 0. The molecule has 0 amide bonds. The summed E-state index contributed by atoms with van der Waals surface area (Å²) in [5, 5.41) is 0. The number of fused-ring (bicyclic) bond motifs is 1. The number of ether oxygens (including phenoxy) is 2. The first-order chi connectivity index (χ1) is 10.2. The van der Waals surface area contributed by atoms with Crippen molar-refractivity contribution in [3.05, 3.63) is 29.8 Å². The van der Waals surface area contributed by atoms with E-state index in [1.54, 1.807) is 12.1 Å². The first-order valence-electron chi connectivity index (χ1n) is 7.21. The van der Waals surface area contributed by atoms with Crippen LogP contribution in [0.4, 0.5) is 0 Å². The molecule has 0 unspecified atom stereocenters. The van der Waals surface area contributed by atoms with Crippen molar-refractivity contribution in [2.45, 2.75) is 44.9 Å². The first kappa shape index (κ1) is 15.2. The van der Waals surface area contributed by atoms with E-state index in [0.29, 0.717) is 12.8 Å². The van der Waals surface area contributed by atoms with Gasteiger partial charge in [0.1, 0.15) is 11.3 Å². The maximum Gasteiger partial charge on any atom is 0.349 e. The van der Waals surface area contributed by atoms with Crippen molar-refractivity contribution in [1.82, 2.24) is 0 Å². The van der Waals surface area contributed by atoms with E-state index >= 15 is 0 Å². The maximum atomic E-state index is 12.0. The summed E-state index contributed by atoms with van der Waals surface area (Å²) in [6.07, 6.45) is 4.75. The van der Waals surface area contributed by atoms with Gasteiger partial charge in [0.2, 0.25) is 0 Å². The standard InChI is InChI=1S/C16H18O5/c17-14-10-4-2-1-3-5-11-15(18)21-16(19)12-8-6-7-9-13(12)20-14/h6-9H,1-5,10-11H2. The Bertz CT molecular complexity index is 535. The van der Waals surface area contributed by atoms with Gasteiger partial charge in [0, 0.05) is 12.8 Å². The first-order valence-corrected chi connectivity index (χ1v) is 7.21. The molecule has 0 saturated carbocycles. The minimum atomic E-state index is -0.777. The van der Waals surface area contributed by atoms with Crippen LogP contribution in [0.3, 0.4) is 0 Å². The number of carbonyl (C=O) groups is 3. The summed E-state index contributed by atoms with van der Waals surface area (Å²) in [4.78, 5) is 35.3. The van der Waals surface area contributed by atoms with Crippen LogP contribution in [0.25, 0.3) is 0 Å². The Balaban J connectivity index is 2.18. The highest BCUT2D eigenvalue weighted by molar-refractivity contribution is 5.99. The molecule has 0 aromatic heterocycles. The Morgan fingerprint density at radius 2 is 1.29 bits per heavy atom. The highest BCUT2D eigenvalue weighted by Crippen LogP contribution is 2.21. The van der Waals surface area contributed by atoms with Gasteiger partial charge in [-0.05, 0) is 25.0 Å². The predicted molar refractivity (Wildman–Crippen MR) is 74.8 cm³/mol. The minimum absolute atomic E-state index is 0.0938. The summed E-state index contributed by atoms with van der Waals surface area (Å²) in [7, 11) is 0. The molecule has 1 aromatic carbocycles. The molecule has 1 aliphatic rings. The Kier molecular flexibility index (Phi) is 5.49. The Morgan fingerprint density at radius 1 is 0.714 bits per heavy atom. The molecule has 2 rings (SSSR count). The zero-order chi connectivity index (χ0) is 15.1. The third-order valence-electron chi connectivity index (χ3n) is 3.30. The molecule has 0 spiro atoms. The molecule has 1 heterocycles. The molecule has 0 atom stereocenters. The van der Waals surface area contributed by atoms with E-state index in [4.69, 9.17) is 9.47 Å². The monoisotopic (exact) mass is 290 g/mol. The van der Waals surface area contributed by atoms with Gasteiger partial charge >= 0.3 is 17.9 Å². The van der Waals surface area contributed by atoms with Crippen molar-refractivity contribution < 1.29 is 23.9 Å². The summed E-state index contributed by atoms with van der Waals surface area (Å²) in [6, 6.07) is 6.28. The number of para-hydroxylation sites is 1. The normalized spacial score (nSPS) is 18.2. The minimum Gasteiger partial charge on any atom is -0.426 e. The molecular weight excluding hydrogens is 272 g/mol. The fraction of sp³-hybridized carbons (Fsp3) is 0.438. The second kappa shape index (κ2) is 7.57. The van der Waals surface area contributed by atoms with E-state index in [1.165, 1.54) is 12.1 Å². The topological polar surface area (TPSA) is 69.7 Å². The average Bonchev–Trinajstić information content (AvgIpc) is 2.46. The molecule has 0 aliphatic carbocycles. The number of rotatable bonds is 0. The van der Waals surface area contributed by atoms with E-state index in [9.17, 15) is 14.4 Å². The van der Waals surface area contributed by atoms with Crippen molar-refractivity contribution in [3.63, 3.8) is 0 Å². The average molecular weight is 290 g/mol. The van der Waals surface area contributed by atoms with E-state index < -0.39 is 11.9 Å². The van der Waals surface area contributed by atoms with Crippen molar-refractivity contribution in [2.24, 2.45) is 0 Å². The van der Waals surface area contributed by atoms with Gasteiger partial charge in [0.15, 0.2) is 0 Å². The van der Waals surface area contributed by atoms with E-state index in [-0.39, 0.29) is 23.7 Å². The zero-order valence-corrected chi connectivity index (χ0v) is 11.8. The number of hydrogen-bond acceptors (Lipinski definition) is 5. The Labute approximate surface area is 123 Å². The largest absolute Gasteiger partial charge is 0.426 e. The number of esters is 3. The highest BCUT2D eigenvalue weighted by atomic mass is 16.6. The lowest BCUT2D eigenvalue weighted by atomic mass is 10.1. The predicted octanol–water partition coefficient (Wildman–Crippen LogP) is 3.02. The van der Waals surface area contributed by atoms with Crippen LogP contribution in [0.2, 0.25) is 0 Å². The van der Waals surface area contributed by atoms with Crippen LogP contribution in [-0.4, -0.2) is 17.9 Å². The lowest BCUT2D eigenvalue weighted by molar-refractivity contribution is -0.138. The molecule has 5 heteroatoms. The van der Waals surface area contributed by atoms with Gasteiger partial charge in [0.05, 0.1) is 0 Å². The molecule has 112 valence electrons. The van der Waals surface area contributed by atoms with Crippen LogP contribution in [0.5, 0.6) is 5.75 Å². The molecule has 21 heavy (non-hydrogen) atoms. The SMILES string of the molecule is O=C1CCCCCCCC(=O)Oc2ccccc2C(=O)O1. The van der Waals surface area contributed by atoms with Crippen LogP contribution < -0.4 is 4.74 Å². The number of cyclic esters (lactones) is 2. The molecule has 5 nitrogen and oxygen atoms in total. The lowest BCUT2D eigenvalue weighted by Crippen LogP contribution is -2.16. The number of hydrogen-bond donors (Lipinski definition) is 0. The van der Waals surface area contributed by atoms with E-state index in [1.807, 2.05) is 0 Å². The molecule has 0 saturated heterocycles. The van der Waals surface area contributed by atoms with Crippen LogP contribution in [0, 0.1) is 0 Å². The molecule has 1 aliphatic heterocycles. The number of benzene rings is 1. The quantitative estimate of drug-likeness (QED) is 0.417.